The van der Waals surface area contributed by atoms with Crippen molar-refractivity contribution in [3.05, 3.63) is 52.0 Å². The maximum Gasteiger partial charge on any atom is 0.262 e. The zero-order valence-corrected chi connectivity index (χ0v) is 16.1. The fourth-order valence-electron chi connectivity index (χ4n) is 1.86. The fourth-order valence-corrected chi connectivity index (χ4v) is 2.58. The average Bonchev–Trinajstić information content (AvgIpc) is 2.55. The normalized spacial score (nSPS) is 10.4. The Morgan fingerprint density at radius 3 is 2.24 bits per heavy atom. The summed E-state index contributed by atoms with van der Waals surface area (Å²) in [6.45, 7) is 3.48. The lowest BCUT2D eigenvalue weighted by Gasteiger charge is -2.10. The molecule has 2 N–H and O–H groups in total. The molecule has 0 saturated carbocycles. The van der Waals surface area contributed by atoms with Gasteiger partial charge in [-0.25, -0.2) is 0 Å². The van der Waals surface area contributed by atoms with Crippen LogP contribution in [-0.4, -0.2) is 18.4 Å². The molecule has 0 bridgehead atoms. The predicted molar refractivity (Wildman–Crippen MR) is 103 cm³/mol. The Hall–Kier alpha value is -2.05. The minimum absolute atomic E-state index is 0.0587. The summed E-state index contributed by atoms with van der Waals surface area (Å²) in [7, 11) is 0. The number of ether oxygens (including phenoxy) is 1. The highest BCUT2D eigenvalue weighted by Crippen LogP contribution is 2.27. The molecule has 0 aliphatic heterocycles. The summed E-state index contributed by atoms with van der Waals surface area (Å²) < 4.78 is 6.24. The van der Waals surface area contributed by atoms with Gasteiger partial charge < -0.3 is 15.4 Å². The van der Waals surface area contributed by atoms with Gasteiger partial charge in [0.2, 0.25) is 5.91 Å². The molecule has 0 saturated heterocycles. The van der Waals surface area contributed by atoms with Crippen molar-refractivity contribution in [2.24, 2.45) is 5.92 Å². The Morgan fingerprint density at radius 1 is 1.08 bits per heavy atom. The summed E-state index contributed by atoms with van der Waals surface area (Å²) in [5.74, 6) is -0.0248. The molecule has 7 heteroatoms. The second kappa shape index (κ2) is 8.87. The van der Waals surface area contributed by atoms with Crippen LogP contribution in [0.15, 0.2) is 46.9 Å². The van der Waals surface area contributed by atoms with Gasteiger partial charge in [0, 0.05) is 21.8 Å². The Balaban J connectivity index is 1.87. The minimum atomic E-state index is -0.307. The van der Waals surface area contributed by atoms with Crippen LogP contribution in [0.1, 0.15) is 13.8 Å². The van der Waals surface area contributed by atoms with E-state index in [2.05, 4.69) is 26.6 Å². The van der Waals surface area contributed by atoms with Crippen LogP contribution in [0, 0.1) is 5.92 Å². The van der Waals surface area contributed by atoms with Crippen molar-refractivity contribution >= 4 is 50.7 Å². The van der Waals surface area contributed by atoms with E-state index < -0.39 is 0 Å². The van der Waals surface area contributed by atoms with Gasteiger partial charge in [0.25, 0.3) is 5.91 Å². The Labute approximate surface area is 159 Å². The summed E-state index contributed by atoms with van der Waals surface area (Å²) >= 11 is 9.34. The highest BCUT2D eigenvalue weighted by atomic mass is 79.9. The number of carbonyl (C=O) groups excluding carboxylic acids is 2. The topological polar surface area (TPSA) is 67.4 Å². The van der Waals surface area contributed by atoms with Crippen LogP contribution in [0.5, 0.6) is 5.75 Å². The van der Waals surface area contributed by atoms with Gasteiger partial charge in [-0.3, -0.25) is 9.59 Å². The van der Waals surface area contributed by atoms with Crippen molar-refractivity contribution in [1.82, 2.24) is 0 Å². The molecule has 0 spiro atoms. The van der Waals surface area contributed by atoms with Crippen molar-refractivity contribution in [3.63, 3.8) is 0 Å². The summed E-state index contributed by atoms with van der Waals surface area (Å²) in [4.78, 5) is 23.6. The number of halogens is 2. The second-order valence-corrected chi connectivity index (χ2v) is 6.96. The minimum Gasteiger partial charge on any atom is -0.482 e. The van der Waals surface area contributed by atoms with Gasteiger partial charge in [-0.15, -0.1) is 0 Å². The van der Waals surface area contributed by atoms with Gasteiger partial charge in [-0.05, 0) is 42.5 Å². The molecule has 0 aliphatic rings. The number of nitrogens with one attached hydrogen (secondary N) is 2. The van der Waals surface area contributed by atoms with E-state index in [-0.39, 0.29) is 24.3 Å². The standard InChI is InChI=1S/C18H18BrClN2O3/c1-11(2)18(24)22-14-6-4-13(5-7-14)21-17(23)10-25-16-8-3-12(19)9-15(16)20/h3-9,11H,10H2,1-2H3,(H,21,23)(H,22,24). The largest absolute Gasteiger partial charge is 0.482 e. The van der Waals surface area contributed by atoms with E-state index in [1.807, 2.05) is 13.8 Å². The maximum atomic E-state index is 12.0. The molecule has 25 heavy (non-hydrogen) atoms. The molecule has 0 atom stereocenters. The van der Waals surface area contributed by atoms with E-state index in [4.69, 9.17) is 16.3 Å². The summed E-state index contributed by atoms with van der Waals surface area (Å²) in [6.07, 6.45) is 0. The van der Waals surface area contributed by atoms with Crippen molar-refractivity contribution < 1.29 is 14.3 Å². The van der Waals surface area contributed by atoms with E-state index in [0.29, 0.717) is 22.1 Å². The molecule has 2 aromatic carbocycles. The number of anilines is 2. The van der Waals surface area contributed by atoms with Crippen molar-refractivity contribution in [2.75, 3.05) is 17.2 Å². The molecule has 132 valence electrons. The monoisotopic (exact) mass is 424 g/mol. The van der Waals surface area contributed by atoms with Crippen LogP contribution in [0.2, 0.25) is 5.02 Å². The van der Waals surface area contributed by atoms with Crippen LogP contribution in [0.4, 0.5) is 11.4 Å². The van der Waals surface area contributed by atoms with Crippen molar-refractivity contribution in [1.29, 1.82) is 0 Å². The smallest absolute Gasteiger partial charge is 0.262 e. The van der Waals surface area contributed by atoms with E-state index in [1.165, 1.54) is 0 Å². The van der Waals surface area contributed by atoms with Gasteiger partial charge in [-0.1, -0.05) is 41.4 Å². The molecule has 2 rings (SSSR count). The summed E-state index contributed by atoms with van der Waals surface area (Å²) in [6, 6.07) is 12.0. The lowest BCUT2D eigenvalue weighted by Crippen LogP contribution is -2.20. The van der Waals surface area contributed by atoms with Crippen LogP contribution in [-0.2, 0) is 9.59 Å². The van der Waals surface area contributed by atoms with Gasteiger partial charge in [0.1, 0.15) is 5.75 Å². The Morgan fingerprint density at radius 2 is 1.68 bits per heavy atom. The zero-order chi connectivity index (χ0) is 18.4. The lowest BCUT2D eigenvalue weighted by atomic mass is 10.2. The molecule has 5 nitrogen and oxygen atoms in total. The number of carbonyl (C=O) groups is 2. The predicted octanol–water partition coefficient (Wildman–Crippen LogP) is 4.71. The van der Waals surface area contributed by atoms with E-state index in [0.717, 1.165) is 4.47 Å². The third-order valence-corrected chi connectivity index (χ3v) is 4.00. The van der Waals surface area contributed by atoms with Gasteiger partial charge in [-0.2, -0.15) is 0 Å². The average molecular weight is 426 g/mol. The number of hydrogen-bond donors (Lipinski definition) is 2. The van der Waals surface area contributed by atoms with E-state index >= 15 is 0 Å². The van der Waals surface area contributed by atoms with Gasteiger partial charge in [0.15, 0.2) is 6.61 Å². The first-order valence-electron chi connectivity index (χ1n) is 7.64. The molecule has 2 aromatic rings. The molecule has 0 heterocycles. The van der Waals surface area contributed by atoms with Crippen LogP contribution >= 0.6 is 27.5 Å². The zero-order valence-electron chi connectivity index (χ0n) is 13.8. The molecule has 0 fully saturated rings. The fraction of sp³-hybridized carbons (Fsp3) is 0.222. The van der Waals surface area contributed by atoms with Crippen LogP contribution in [0.3, 0.4) is 0 Å². The van der Waals surface area contributed by atoms with Crippen LogP contribution < -0.4 is 15.4 Å². The van der Waals surface area contributed by atoms with Crippen molar-refractivity contribution in [3.8, 4) is 5.75 Å². The molecule has 2 amide bonds. The summed E-state index contributed by atoms with van der Waals surface area (Å²) in [5, 5.41) is 5.93. The number of rotatable bonds is 6. The highest BCUT2D eigenvalue weighted by molar-refractivity contribution is 9.10. The SMILES string of the molecule is CC(C)C(=O)Nc1ccc(NC(=O)COc2ccc(Br)cc2Cl)cc1. The van der Waals surface area contributed by atoms with Gasteiger partial charge >= 0.3 is 0 Å². The second-order valence-electron chi connectivity index (χ2n) is 5.63. The molecule has 0 aromatic heterocycles. The first-order valence-corrected chi connectivity index (χ1v) is 8.81. The third kappa shape index (κ3) is 6.07. The molecule has 0 unspecified atom stereocenters. The first kappa shape index (κ1) is 19.3. The molecular weight excluding hydrogens is 408 g/mol. The maximum absolute atomic E-state index is 12.0. The lowest BCUT2D eigenvalue weighted by molar-refractivity contribution is -0.119. The number of hydrogen-bond acceptors (Lipinski definition) is 3. The molecule has 0 aliphatic carbocycles. The number of amides is 2. The third-order valence-electron chi connectivity index (χ3n) is 3.21. The van der Waals surface area contributed by atoms with E-state index in [1.54, 1.807) is 42.5 Å². The number of benzene rings is 2. The van der Waals surface area contributed by atoms with Gasteiger partial charge in [0.05, 0.1) is 5.02 Å². The quantitative estimate of drug-likeness (QED) is 0.704. The van der Waals surface area contributed by atoms with Crippen molar-refractivity contribution in [2.45, 2.75) is 13.8 Å². The summed E-state index contributed by atoms with van der Waals surface area (Å²) in [5.41, 5.74) is 1.28. The first-order chi connectivity index (χ1) is 11.8. The highest BCUT2D eigenvalue weighted by Gasteiger charge is 2.09. The Bertz CT molecular complexity index is 763. The van der Waals surface area contributed by atoms with Crippen LogP contribution in [0.25, 0.3) is 0 Å². The molecule has 0 radical (unpaired) electrons. The Kier molecular flexibility index (Phi) is 6.84. The molecular formula is C18H18BrClN2O3. The van der Waals surface area contributed by atoms with E-state index in [9.17, 15) is 9.59 Å².